The van der Waals surface area contributed by atoms with E-state index in [9.17, 15) is 4.79 Å². The lowest BCUT2D eigenvalue weighted by molar-refractivity contribution is -0.120. The first-order valence-corrected chi connectivity index (χ1v) is 11.5. The Hall–Kier alpha value is -2.57. The lowest BCUT2D eigenvalue weighted by Crippen LogP contribution is -2.42. The maximum absolute atomic E-state index is 12.7. The van der Waals surface area contributed by atoms with Crippen LogP contribution < -0.4 is 5.32 Å². The molecule has 3 heterocycles. The van der Waals surface area contributed by atoms with Crippen molar-refractivity contribution >= 4 is 17.2 Å². The van der Waals surface area contributed by atoms with Gasteiger partial charge in [0, 0.05) is 29.9 Å². The molecule has 2 aromatic heterocycles. The fourth-order valence-electron chi connectivity index (χ4n) is 3.92. The highest BCUT2D eigenvalue weighted by atomic mass is 32.1. The van der Waals surface area contributed by atoms with Crippen LogP contribution in [0.4, 0.5) is 0 Å². The van der Waals surface area contributed by atoms with E-state index in [1.54, 1.807) is 23.7 Å². The van der Waals surface area contributed by atoms with Gasteiger partial charge in [0.05, 0.1) is 18.2 Å². The Bertz CT molecular complexity index is 936. The van der Waals surface area contributed by atoms with Crippen molar-refractivity contribution in [3.05, 3.63) is 71.5 Å². The summed E-state index contributed by atoms with van der Waals surface area (Å²) in [6, 6.07) is 14.6. The molecule has 1 atom stereocenters. The van der Waals surface area contributed by atoms with Crippen LogP contribution in [-0.4, -0.2) is 40.4 Å². The van der Waals surface area contributed by atoms with Crippen molar-refractivity contribution in [2.24, 2.45) is 5.92 Å². The first-order valence-electron chi connectivity index (χ1n) is 10.6. The number of rotatable bonds is 7. The van der Waals surface area contributed by atoms with Crippen LogP contribution in [0.25, 0.3) is 10.6 Å². The largest absolute Gasteiger partial charge is 0.354 e. The van der Waals surface area contributed by atoms with Crippen LogP contribution in [0.2, 0.25) is 0 Å². The smallest absolute Gasteiger partial charge is 0.226 e. The minimum atomic E-state index is 0.0179. The summed E-state index contributed by atoms with van der Waals surface area (Å²) in [5.41, 5.74) is 3.05. The number of pyridine rings is 1. The highest BCUT2D eigenvalue weighted by molar-refractivity contribution is 7.13. The summed E-state index contributed by atoms with van der Waals surface area (Å²) in [5, 5.41) is 6.02. The molecule has 4 rings (SSSR count). The van der Waals surface area contributed by atoms with Gasteiger partial charge in [-0.1, -0.05) is 37.3 Å². The van der Waals surface area contributed by atoms with Crippen molar-refractivity contribution in [3.63, 3.8) is 0 Å². The van der Waals surface area contributed by atoms with Gasteiger partial charge in [-0.15, -0.1) is 11.3 Å². The van der Waals surface area contributed by atoms with Crippen LogP contribution in [-0.2, 0) is 11.2 Å². The minimum absolute atomic E-state index is 0.0179. The number of piperidine rings is 1. The zero-order valence-electron chi connectivity index (χ0n) is 17.3. The van der Waals surface area contributed by atoms with Crippen LogP contribution >= 0.6 is 11.3 Å². The molecule has 1 unspecified atom stereocenters. The molecule has 30 heavy (non-hydrogen) atoms. The Labute approximate surface area is 182 Å². The van der Waals surface area contributed by atoms with Gasteiger partial charge in [-0.3, -0.25) is 14.7 Å². The lowest BCUT2D eigenvalue weighted by Gasteiger charge is -2.37. The zero-order chi connectivity index (χ0) is 20.8. The summed E-state index contributed by atoms with van der Waals surface area (Å²) in [6.07, 6.45) is 6.28. The fourth-order valence-corrected chi connectivity index (χ4v) is 4.73. The number of carbonyl (C=O) groups excluding carboxylic acids is 1. The second kappa shape index (κ2) is 9.96. The van der Waals surface area contributed by atoms with E-state index < -0.39 is 0 Å². The van der Waals surface area contributed by atoms with Crippen molar-refractivity contribution in [1.29, 1.82) is 0 Å². The number of likely N-dealkylation sites (tertiary alicyclic amines) is 1. The number of thiazole rings is 1. The van der Waals surface area contributed by atoms with Crippen molar-refractivity contribution < 1.29 is 4.79 Å². The molecule has 1 N–H and O–H groups in total. The number of aromatic nitrogens is 2. The molecular formula is C24H28N4OS. The molecule has 0 aliphatic carbocycles. The van der Waals surface area contributed by atoms with Crippen LogP contribution in [0.5, 0.6) is 0 Å². The van der Waals surface area contributed by atoms with E-state index in [4.69, 9.17) is 0 Å². The summed E-state index contributed by atoms with van der Waals surface area (Å²) in [4.78, 5) is 23.9. The Morgan fingerprint density at radius 1 is 1.20 bits per heavy atom. The summed E-state index contributed by atoms with van der Waals surface area (Å²) < 4.78 is 0. The zero-order valence-corrected chi connectivity index (χ0v) is 18.1. The molecule has 1 aliphatic heterocycles. The normalized spacial score (nSPS) is 16.3. The summed E-state index contributed by atoms with van der Waals surface area (Å²) in [6.45, 7) is 5.11. The first kappa shape index (κ1) is 20.7. The van der Waals surface area contributed by atoms with Gasteiger partial charge in [0.1, 0.15) is 5.01 Å². The maximum atomic E-state index is 12.7. The molecule has 5 nitrogen and oxygen atoms in total. The standard InChI is InChI=1S/C24H28N4OS/c1-18-9-12-28(13-10-18)22(19-6-3-2-4-7-19)16-26-23(29)14-21-17-30-24(27-21)20-8-5-11-25-15-20/h2-8,11,15,17-18,22H,9-10,12-14,16H2,1H3,(H,26,29). The van der Waals surface area contributed by atoms with Gasteiger partial charge in [-0.25, -0.2) is 4.98 Å². The van der Waals surface area contributed by atoms with Gasteiger partial charge in [-0.05, 0) is 49.5 Å². The monoisotopic (exact) mass is 420 g/mol. The third-order valence-electron chi connectivity index (χ3n) is 5.74. The molecule has 1 saturated heterocycles. The van der Waals surface area contributed by atoms with Crippen LogP contribution in [0, 0.1) is 5.92 Å². The lowest BCUT2D eigenvalue weighted by atomic mass is 9.95. The molecule has 0 radical (unpaired) electrons. The molecule has 1 fully saturated rings. The highest BCUT2D eigenvalue weighted by Gasteiger charge is 2.25. The average Bonchev–Trinajstić information content (AvgIpc) is 3.25. The number of nitrogens with one attached hydrogen (secondary N) is 1. The second-order valence-corrected chi connectivity index (χ2v) is 8.87. The average molecular weight is 421 g/mol. The van der Waals surface area contributed by atoms with Gasteiger partial charge in [0.15, 0.2) is 0 Å². The van der Waals surface area contributed by atoms with E-state index >= 15 is 0 Å². The molecule has 0 spiro atoms. The SMILES string of the molecule is CC1CCN(C(CNC(=O)Cc2csc(-c3cccnc3)n2)c2ccccc2)CC1. The predicted molar refractivity (Wildman–Crippen MR) is 121 cm³/mol. The first-order chi connectivity index (χ1) is 14.7. The van der Waals surface area contributed by atoms with E-state index in [0.717, 1.165) is 35.3 Å². The summed E-state index contributed by atoms with van der Waals surface area (Å²) >= 11 is 1.55. The van der Waals surface area contributed by atoms with Gasteiger partial charge in [0.25, 0.3) is 0 Å². The molecule has 1 aliphatic rings. The quantitative estimate of drug-likeness (QED) is 0.618. The van der Waals surface area contributed by atoms with E-state index in [0.29, 0.717) is 13.0 Å². The second-order valence-electron chi connectivity index (χ2n) is 8.01. The van der Waals surface area contributed by atoms with Crippen LogP contribution in [0.3, 0.4) is 0 Å². The summed E-state index contributed by atoms with van der Waals surface area (Å²) in [7, 11) is 0. The minimum Gasteiger partial charge on any atom is -0.354 e. The van der Waals surface area contributed by atoms with Crippen LogP contribution in [0.1, 0.15) is 37.1 Å². The van der Waals surface area contributed by atoms with Crippen molar-refractivity contribution in [1.82, 2.24) is 20.2 Å². The number of benzene rings is 1. The molecule has 6 heteroatoms. The Morgan fingerprint density at radius 2 is 2.00 bits per heavy atom. The number of carbonyl (C=O) groups is 1. The van der Waals surface area contributed by atoms with E-state index in [-0.39, 0.29) is 11.9 Å². The number of nitrogens with zero attached hydrogens (tertiary/aromatic N) is 3. The van der Waals surface area contributed by atoms with E-state index in [2.05, 4.69) is 51.4 Å². The molecule has 0 saturated carbocycles. The number of hydrogen-bond acceptors (Lipinski definition) is 5. The van der Waals surface area contributed by atoms with Gasteiger partial charge in [0.2, 0.25) is 5.91 Å². The Morgan fingerprint density at radius 3 is 2.73 bits per heavy atom. The van der Waals surface area contributed by atoms with E-state index in [1.165, 1.54) is 18.4 Å². The van der Waals surface area contributed by atoms with Gasteiger partial charge in [-0.2, -0.15) is 0 Å². The van der Waals surface area contributed by atoms with Gasteiger partial charge >= 0.3 is 0 Å². The number of amides is 1. The Balaban J connectivity index is 1.37. The third-order valence-corrected chi connectivity index (χ3v) is 6.68. The number of hydrogen-bond donors (Lipinski definition) is 1. The van der Waals surface area contributed by atoms with Crippen LogP contribution in [0.15, 0.2) is 60.2 Å². The van der Waals surface area contributed by atoms with Crippen molar-refractivity contribution in [2.45, 2.75) is 32.2 Å². The molecule has 1 amide bonds. The molecule has 0 bridgehead atoms. The third kappa shape index (κ3) is 5.32. The maximum Gasteiger partial charge on any atom is 0.226 e. The predicted octanol–water partition coefficient (Wildman–Crippen LogP) is 4.34. The molecule has 3 aromatic rings. The topological polar surface area (TPSA) is 58.1 Å². The van der Waals surface area contributed by atoms with Gasteiger partial charge < -0.3 is 5.32 Å². The molecular weight excluding hydrogens is 392 g/mol. The molecule has 1 aromatic carbocycles. The van der Waals surface area contributed by atoms with Crippen molar-refractivity contribution in [2.75, 3.05) is 19.6 Å². The van der Waals surface area contributed by atoms with E-state index in [1.807, 2.05) is 23.6 Å². The molecule has 156 valence electrons. The van der Waals surface area contributed by atoms with Crippen molar-refractivity contribution in [3.8, 4) is 10.6 Å². The summed E-state index contributed by atoms with van der Waals surface area (Å²) in [5.74, 6) is 0.801. The fraction of sp³-hybridized carbons (Fsp3) is 0.375. The Kier molecular flexibility index (Phi) is 6.87. The highest BCUT2D eigenvalue weighted by Crippen LogP contribution is 2.26.